The van der Waals surface area contributed by atoms with Crippen LogP contribution in [-0.2, 0) is 4.74 Å². The molecular formula is C14H18INO2. The van der Waals surface area contributed by atoms with Crippen molar-refractivity contribution in [1.82, 2.24) is 5.32 Å². The summed E-state index contributed by atoms with van der Waals surface area (Å²) in [5, 5.41) is 2.99. The predicted molar refractivity (Wildman–Crippen MR) is 79.8 cm³/mol. The van der Waals surface area contributed by atoms with Crippen molar-refractivity contribution >= 4 is 28.5 Å². The van der Waals surface area contributed by atoms with E-state index in [4.69, 9.17) is 4.74 Å². The van der Waals surface area contributed by atoms with Gasteiger partial charge in [0.05, 0.1) is 11.2 Å². The number of ether oxygens (including phenoxy) is 1. The van der Waals surface area contributed by atoms with Crippen molar-refractivity contribution in [3.8, 4) is 0 Å². The standard InChI is InChI=1S/C14H18INO2/c1-10-5-3-6-11(12(10)15)13(17)16-9-14(18-2)7-4-8-14/h3,5-6H,4,7-9H2,1-2H3,(H,16,17). The molecule has 0 unspecified atom stereocenters. The first kappa shape index (κ1) is 13.8. The molecular weight excluding hydrogens is 341 g/mol. The topological polar surface area (TPSA) is 38.3 Å². The first-order valence-corrected chi connectivity index (χ1v) is 7.24. The molecule has 98 valence electrons. The van der Waals surface area contributed by atoms with Crippen LogP contribution >= 0.6 is 22.6 Å². The van der Waals surface area contributed by atoms with Gasteiger partial charge in [0, 0.05) is 17.2 Å². The molecule has 4 heteroatoms. The van der Waals surface area contributed by atoms with Crippen LogP contribution in [0.2, 0.25) is 0 Å². The average molecular weight is 359 g/mol. The molecule has 0 radical (unpaired) electrons. The smallest absolute Gasteiger partial charge is 0.252 e. The van der Waals surface area contributed by atoms with Crippen LogP contribution in [0.15, 0.2) is 18.2 Å². The summed E-state index contributed by atoms with van der Waals surface area (Å²) in [6, 6.07) is 5.80. The summed E-state index contributed by atoms with van der Waals surface area (Å²) in [7, 11) is 1.72. The molecule has 18 heavy (non-hydrogen) atoms. The second kappa shape index (κ2) is 5.57. The van der Waals surface area contributed by atoms with E-state index in [-0.39, 0.29) is 11.5 Å². The van der Waals surface area contributed by atoms with Gasteiger partial charge in [-0.1, -0.05) is 12.1 Å². The molecule has 1 saturated carbocycles. The summed E-state index contributed by atoms with van der Waals surface area (Å²) in [5.41, 5.74) is 1.76. The van der Waals surface area contributed by atoms with E-state index in [1.165, 1.54) is 6.42 Å². The second-order valence-electron chi connectivity index (χ2n) is 4.86. The van der Waals surface area contributed by atoms with E-state index in [0.717, 1.165) is 27.5 Å². The number of rotatable bonds is 4. The summed E-state index contributed by atoms with van der Waals surface area (Å²) in [6.07, 6.45) is 3.26. The van der Waals surface area contributed by atoms with E-state index < -0.39 is 0 Å². The number of halogens is 1. The van der Waals surface area contributed by atoms with Crippen LogP contribution in [0.4, 0.5) is 0 Å². The van der Waals surface area contributed by atoms with E-state index in [0.29, 0.717) is 6.54 Å². The predicted octanol–water partition coefficient (Wildman–Crippen LogP) is 2.90. The minimum absolute atomic E-state index is 0.00794. The fourth-order valence-corrected chi connectivity index (χ4v) is 2.79. The van der Waals surface area contributed by atoms with Crippen LogP contribution in [-0.4, -0.2) is 25.2 Å². The Labute approximate surface area is 121 Å². The molecule has 0 saturated heterocycles. The fraction of sp³-hybridized carbons (Fsp3) is 0.500. The van der Waals surface area contributed by atoms with Gasteiger partial charge in [0.15, 0.2) is 0 Å². The van der Waals surface area contributed by atoms with Gasteiger partial charge in [-0.15, -0.1) is 0 Å². The third-order valence-electron chi connectivity index (χ3n) is 3.71. The highest BCUT2D eigenvalue weighted by atomic mass is 127. The Kier molecular flexibility index (Phi) is 4.27. The van der Waals surface area contributed by atoms with Crippen LogP contribution < -0.4 is 5.32 Å². The SMILES string of the molecule is COC1(CNC(=O)c2cccc(C)c2I)CCC1. The van der Waals surface area contributed by atoms with Gasteiger partial charge in [-0.2, -0.15) is 0 Å². The zero-order chi connectivity index (χ0) is 13.2. The van der Waals surface area contributed by atoms with Gasteiger partial charge < -0.3 is 10.1 Å². The lowest BCUT2D eigenvalue weighted by molar-refractivity contribution is -0.0679. The van der Waals surface area contributed by atoms with Gasteiger partial charge in [-0.25, -0.2) is 0 Å². The van der Waals surface area contributed by atoms with Gasteiger partial charge >= 0.3 is 0 Å². The molecule has 0 aliphatic heterocycles. The van der Waals surface area contributed by atoms with Crippen molar-refractivity contribution in [2.45, 2.75) is 31.8 Å². The normalized spacial score (nSPS) is 17.1. The molecule has 1 aromatic rings. The highest BCUT2D eigenvalue weighted by Gasteiger charge is 2.37. The summed E-state index contributed by atoms with van der Waals surface area (Å²) in [4.78, 5) is 12.1. The maximum absolute atomic E-state index is 12.1. The molecule has 0 bridgehead atoms. The highest BCUT2D eigenvalue weighted by molar-refractivity contribution is 14.1. The molecule has 1 fully saturated rings. The third kappa shape index (κ3) is 2.69. The second-order valence-corrected chi connectivity index (χ2v) is 5.94. The molecule has 2 rings (SSSR count). The number of carbonyl (C=O) groups is 1. The van der Waals surface area contributed by atoms with Crippen molar-refractivity contribution in [2.75, 3.05) is 13.7 Å². The zero-order valence-electron chi connectivity index (χ0n) is 10.8. The van der Waals surface area contributed by atoms with Crippen LogP contribution in [0.3, 0.4) is 0 Å². The Bertz CT molecular complexity index is 450. The minimum atomic E-state index is -0.120. The lowest BCUT2D eigenvalue weighted by Crippen LogP contribution is -2.49. The monoisotopic (exact) mass is 359 g/mol. The number of aryl methyl sites for hydroxylation is 1. The number of carbonyl (C=O) groups excluding carboxylic acids is 1. The Morgan fingerprint density at radius 2 is 2.22 bits per heavy atom. The maximum atomic E-state index is 12.1. The molecule has 1 aliphatic rings. The molecule has 1 amide bonds. The van der Waals surface area contributed by atoms with Gasteiger partial charge in [0.2, 0.25) is 0 Å². The Hall–Kier alpha value is -0.620. The van der Waals surface area contributed by atoms with Gasteiger partial charge in [0.25, 0.3) is 5.91 Å². The maximum Gasteiger partial charge on any atom is 0.252 e. The van der Waals surface area contributed by atoms with Crippen molar-refractivity contribution < 1.29 is 9.53 Å². The Morgan fingerprint density at radius 3 is 2.78 bits per heavy atom. The molecule has 0 aromatic heterocycles. The Balaban J connectivity index is 2.02. The number of hydrogen-bond donors (Lipinski definition) is 1. The molecule has 1 aromatic carbocycles. The van der Waals surface area contributed by atoms with Crippen molar-refractivity contribution in [2.24, 2.45) is 0 Å². The van der Waals surface area contributed by atoms with Gasteiger partial charge in [0.1, 0.15) is 0 Å². The summed E-state index contributed by atoms with van der Waals surface area (Å²) in [5.74, 6) is -0.00794. The van der Waals surface area contributed by atoms with E-state index in [1.54, 1.807) is 7.11 Å². The largest absolute Gasteiger partial charge is 0.376 e. The van der Waals surface area contributed by atoms with Crippen molar-refractivity contribution in [3.63, 3.8) is 0 Å². The average Bonchev–Trinajstić information content (AvgIpc) is 2.31. The number of nitrogens with one attached hydrogen (secondary N) is 1. The number of benzene rings is 1. The molecule has 0 atom stereocenters. The van der Waals surface area contributed by atoms with E-state index in [9.17, 15) is 4.79 Å². The van der Waals surface area contributed by atoms with Crippen molar-refractivity contribution in [3.05, 3.63) is 32.9 Å². The lowest BCUT2D eigenvalue weighted by atomic mass is 9.80. The number of methoxy groups -OCH3 is 1. The number of hydrogen-bond acceptors (Lipinski definition) is 2. The van der Waals surface area contributed by atoms with Crippen molar-refractivity contribution in [1.29, 1.82) is 0 Å². The van der Waals surface area contributed by atoms with E-state index in [2.05, 4.69) is 27.9 Å². The quantitative estimate of drug-likeness (QED) is 0.840. The molecule has 3 nitrogen and oxygen atoms in total. The fourth-order valence-electron chi connectivity index (χ4n) is 2.18. The zero-order valence-corrected chi connectivity index (χ0v) is 12.9. The summed E-state index contributed by atoms with van der Waals surface area (Å²) >= 11 is 2.22. The van der Waals surface area contributed by atoms with Crippen LogP contribution in [0.1, 0.15) is 35.2 Å². The third-order valence-corrected chi connectivity index (χ3v) is 5.14. The van der Waals surface area contributed by atoms with Crippen LogP contribution in [0, 0.1) is 10.5 Å². The van der Waals surface area contributed by atoms with Crippen LogP contribution in [0.5, 0.6) is 0 Å². The Morgan fingerprint density at radius 1 is 1.50 bits per heavy atom. The van der Waals surface area contributed by atoms with Gasteiger partial charge in [-0.3, -0.25) is 4.79 Å². The molecule has 1 aliphatic carbocycles. The summed E-state index contributed by atoms with van der Waals surface area (Å²) < 4.78 is 6.52. The lowest BCUT2D eigenvalue weighted by Gasteiger charge is -2.40. The van der Waals surface area contributed by atoms with Gasteiger partial charge in [-0.05, 0) is 60.4 Å². The number of amides is 1. The van der Waals surface area contributed by atoms with Crippen LogP contribution in [0.25, 0.3) is 0 Å². The first-order chi connectivity index (χ1) is 8.58. The minimum Gasteiger partial charge on any atom is -0.376 e. The van der Waals surface area contributed by atoms with E-state index in [1.807, 2.05) is 25.1 Å². The highest BCUT2D eigenvalue weighted by Crippen LogP contribution is 2.34. The molecule has 0 spiro atoms. The first-order valence-electron chi connectivity index (χ1n) is 6.16. The molecule has 0 heterocycles. The summed E-state index contributed by atoms with van der Waals surface area (Å²) in [6.45, 7) is 2.62. The van der Waals surface area contributed by atoms with E-state index >= 15 is 0 Å². The molecule has 1 N–H and O–H groups in total.